The lowest BCUT2D eigenvalue weighted by atomic mass is 10.2. The number of nitrogen functional groups attached to an aromatic ring is 1. The van der Waals surface area contributed by atoms with Gasteiger partial charge in [0.2, 0.25) is 0 Å². The molecule has 0 aliphatic rings. The van der Waals surface area contributed by atoms with Gasteiger partial charge in [0.1, 0.15) is 5.82 Å². The highest BCUT2D eigenvalue weighted by atomic mass is 79.9. The lowest BCUT2D eigenvalue weighted by Gasteiger charge is -2.23. The maximum Gasteiger partial charge on any atom is 0.139 e. The van der Waals surface area contributed by atoms with Crippen molar-refractivity contribution in [3.63, 3.8) is 0 Å². The molecule has 1 rings (SSSR count). The molecule has 90 valence electrons. The van der Waals surface area contributed by atoms with Gasteiger partial charge in [0.25, 0.3) is 0 Å². The van der Waals surface area contributed by atoms with Crippen molar-refractivity contribution in [3.8, 4) is 0 Å². The van der Waals surface area contributed by atoms with Gasteiger partial charge in [0, 0.05) is 26.2 Å². The van der Waals surface area contributed by atoms with Crippen LogP contribution in [-0.2, 0) is 0 Å². The summed E-state index contributed by atoms with van der Waals surface area (Å²) in [5.74, 6) is -0.331. The van der Waals surface area contributed by atoms with Crippen LogP contribution in [0.15, 0.2) is 16.6 Å². The Balaban J connectivity index is 2.82. The Morgan fingerprint density at radius 1 is 1.25 bits per heavy atom. The molecule has 0 saturated carbocycles. The third-order valence-corrected chi connectivity index (χ3v) is 2.97. The first-order valence-electron chi connectivity index (χ1n) is 5.02. The van der Waals surface area contributed by atoms with Gasteiger partial charge in [-0.05, 0) is 36.1 Å². The summed E-state index contributed by atoms with van der Waals surface area (Å²) in [4.78, 5) is 4.10. The SMILES string of the molecule is CN(C)CCN(C)c1cc(Br)c(F)cc1N. The second-order valence-corrected chi connectivity index (χ2v) is 4.90. The highest BCUT2D eigenvalue weighted by molar-refractivity contribution is 9.10. The van der Waals surface area contributed by atoms with Gasteiger partial charge in [-0.1, -0.05) is 0 Å². The molecule has 1 aromatic carbocycles. The molecule has 0 fully saturated rings. The van der Waals surface area contributed by atoms with Gasteiger partial charge in [0.05, 0.1) is 15.8 Å². The van der Waals surface area contributed by atoms with E-state index < -0.39 is 0 Å². The highest BCUT2D eigenvalue weighted by Crippen LogP contribution is 2.28. The molecular formula is C11H17BrFN3. The molecule has 0 aromatic heterocycles. The fourth-order valence-electron chi connectivity index (χ4n) is 1.35. The summed E-state index contributed by atoms with van der Waals surface area (Å²) < 4.78 is 13.6. The quantitative estimate of drug-likeness (QED) is 0.863. The molecule has 0 aliphatic heterocycles. The highest BCUT2D eigenvalue weighted by Gasteiger charge is 2.09. The predicted molar refractivity (Wildman–Crippen MR) is 70.3 cm³/mol. The molecule has 1 aromatic rings. The lowest BCUT2D eigenvalue weighted by molar-refractivity contribution is 0.416. The van der Waals surface area contributed by atoms with E-state index in [2.05, 4.69) is 20.8 Å². The van der Waals surface area contributed by atoms with Crippen molar-refractivity contribution in [1.82, 2.24) is 4.90 Å². The molecule has 0 bridgehead atoms. The summed E-state index contributed by atoms with van der Waals surface area (Å²) in [6.07, 6.45) is 0. The third-order valence-electron chi connectivity index (χ3n) is 2.36. The van der Waals surface area contributed by atoms with Crippen molar-refractivity contribution in [2.24, 2.45) is 0 Å². The summed E-state index contributed by atoms with van der Waals surface area (Å²) >= 11 is 3.16. The molecular weight excluding hydrogens is 273 g/mol. The number of halogens is 2. The molecule has 0 heterocycles. The van der Waals surface area contributed by atoms with Crippen molar-refractivity contribution in [1.29, 1.82) is 0 Å². The van der Waals surface area contributed by atoms with E-state index in [-0.39, 0.29) is 5.82 Å². The molecule has 5 heteroatoms. The second kappa shape index (κ2) is 5.50. The first-order valence-corrected chi connectivity index (χ1v) is 5.81. The zero-order valence-corrected chi connectivity index (χ0v) is 11.4. The fraction of sp³-hybridized carbons (Fsp3) is 0.455. The van der Waals surface area contributed by atoms with Crippen molar-refractivity contribution in [2.75, 3.05) is 44.9 Å². The lowest BCUT2D eigenvalue weighted by Crippen LogP contribution is -2.29. The minimum atomic E-state index is -0.331. The summed E-state index contributed by atoms with van der Waals surface area (Å²) in [7, 11) is 5.97. The Labute approximate surface area is 104 Å². The van der Waals surface area contributed by atoms with E-state index in [1.807, 2.05) is 26.0 Å². The van der Waals surface area contributed by atoms with Gasteiger partial charge < -0.3 is 15.5 Å². The van der Waals surface area contributed by atoms with Crippen molar-refractivity contribution >= 4 is 27.3 Å². The normalized spacial score (nSPS) is 10.9. The third kappa shape index (κ3) is 3.35. The van der Waals surface area contributed by atoms with E-state index in [1.165, 1.54) is 6.07 Å². The minimum absolute atomic E-state index is 0.331. The Kier molecular flexibility index (Phi) is 4.56. The first-order chi connectivity index (χ1) is 7.41. The molecule has 0 atom stereocenters. The maximum absolute atomic E-state index is 13.2. The smallest absolute Gasteiger partial charge is 0.139 e. The van der Waals surface area contributed by atoms with E-state index in [0.717, 1.165) is 18.8 Å². The first kappa shape index (κ1) is 13.3. The number of hydrogen-bond acceptors (Lipinski definition) is 3. The van der Waals surface area contributed by atoms with Gasteiger partial charge >= 0.3 is 0 Å². The van der Waals surface area contributed by atoms with Crippen LogP contribution in [-0.4, -0.2) is 39.1 Å². The molecule has 3 nitrogen and oxygen atoms in total. The molecule has 16 heavy (non-hydrogen) atoms. The number of likely N-dealkylation sites (N-methyl/N-ethyl adjacent to an activating group) is 2. The van der Waals surface area contributed by atoms with Crippen LogP contribution in [0.4, 0.5) is 15.8 Å². The summed E-state index contributed by atoms with van der Waals surface area (Å²) in [5.41, 5.74) is 7.08. The monoisotopic (exact) mass is 289 g/mol. The van der Waals surface area contributed by atoms with Crippen LogP contribution in [0, 0.1) is 5.82 Å². The number of hydrogen-bond donors (Lipinski definition) is 1. The molecule has 0 saturated heterocycles. The van der Waals surface area contributed by atoms with Gasteiger partial charge in [-0.15, -0.1) is 0 Å². The van der Waals surface area contributed by atoms with Crippen molar-refractivity contribution in [3.05, 3.63) is 22.4 Å². The molecule has 0 spiro atoms. The summed E-state index contributed by atoms with van der Waals surface area (Å²) in [6, 6.07) is 3.05. The minimum Gasteiger partial charge on any atom is -0.397 e. The van der Waals surface area contributed by atoms with Gasteiger partial charge in [-0.25, -0.2) is 4.39 Å². The van der Waals surface area contributed by atoms with Crippen LogP contribution in [0.5, 0.6) is 0 Å². The molecule has 0 aliphatic carbocycles. The van der Waals surface area contributed by atoms with Crippen LogP contribution < -0.4 is 10.6 Å². The second-order valence-electron chi connectivity index (χ2n) is 4.05. The number of anilines is 2. The number of rotatable bonds is 4. The average Bonchev–Trinajstić information content (AvgIpc) is 2.20. The standard InChI is InChI=1S/C11H17BrFN3/c1-15(2)4-5-16(3)11-6-8(12)9(13)7-10(11)14/h6-7H,4-5,14H2,1-3H3. The van der Waals surface area contributed by atoms with Gasteiger partial charge in [-0.2, -0.15) is 0 Å². The summed E-state index contributed by atoms with van der Waals surface area (Å²) in [6.45, 7) is 1.76. The van der Waals surface area contributed by atoms with Crippen LogP contribution in [0.3, 0.4) is 0 Å². The number of nitrogens with zero attached hydrogens (tertiary/aromatic N) is 2. The van der Waals surface area contributed by atoms with Gasteiger partial charge in [-0.3, -0.25) is 0 Å². The van der Waals surface area contributed by atoms with Crippen LogP contribution in [0.25, 0.3) is 0 Å². The van der Waals surface area contributed by atoms with E-state index in [1.54, 1.807) is 6.07 Å². The average molecular weight is 290 g/mol. The van der Waals surface area contributed by atoms with Crippen LogP contribution in [0.1, 0.15) is 0 Å². The van der Waals surface area contributed by atoms with E-state index in [4.69, 9.17) is 5.73 Å². The Morgan fingerprint density at radius 2 is 1.88 bits per heavy atom. The van der Waals surface area contributed by atoms with Crippen LogP contribution in [0.2, 0.25) is 0 Å². The molecule has 0 unspecified atom stereocenters. The van der Waals surface area contributed by atoms with E-state index in [9.17, 15) is 4.39 Å². The Bertz CT molecular complexity index is 368. The Hall–Kier alpha value is -0.810. The number of benzene rings is 1. The molecule has 0 radical (unpaired) electrons. The van der Waals surface area contributed by atoms with E-state index in [0.29, 0.717) is 10.2 Å². The predicted octanol–water partition coefficient (Wildman–Crippen LogP) is 2.17. The largest absolute Gasteiger partial charge is 0.397 e. The molecule has 2 N–H and O–H groups in total. The fourth-order valence-corrected chi connectivity index (χ4v) is 1.68. The molecule has 0 amide bonds. The summed E-state index contributed by atoms with van der Waals surface area (Å²) in [5, 5.41) is 0. The maximum atomic E-state index is 13.2. The van der Waals surface area contributed by atoms with Crippen LogP contribution >= 0.6 is 15.9 Å². The zero-order chi connectivity index (χ0) is 12.3. The number of nitrogens with two attached hydrogens (primary N) is 1. The zero-order valence-electron chi connectivity index (χ0n) is 9.80. The topological polar surface area (TPSA) is 32.5 Å². The van der Waals surface area contributed by atoms with Crippen molar-refractivity contribution < 1.29 is 4.39 Å². The van der Waals surface area contributed by atoms with E-state index >= 15 is 0 Å². The Morgan fingerprint density at radius 3 is 2.44 bits per heavy atom. The van der Waals surface area contributed by atoms with Crippen molar-refractivity contribution in [2.45, 2.75) is 0 Å². The van der Waals surface area contributed by atoms with Gasteiger partial charge in [0.15, 0.2) is 0 Å².